The molecular weight excluding hydrogens is 418 g/mol. The van der Waals surface area contributed by atoms with Crippen LogP contribution in [-0.4, -0.2) is 34.8 Å². The number of benzene rings is 1. The van der Waals surface area contributed by atoms with Crippen LogP contribution < -0.4 is 16.1 Å². The zero-order valence-electron chi connectivity index (χ0n) is 17.4. The van der Waals surface area contributed by atoms with Crippen molar-refractivity contribution in [2.45, 2.75) is 38.1 Å². The third-order valence-corrected chi connectivity index (χ3v) is 5.46. The predicted molar refractivity (Wildman–Crippen MR) is 120 cm³/mol. The Morgan fingerprint density at radius 2 is 2.13 bits per heavy atom. The van der Waals surface area contributed by atoms with Crippen molar-refractivity contribution < 1.29 is 14.4 Å². The number of hydroxylamine groups is 1. The summed E-state index contributed by atoms with van der Waals surface area (Å²) in [5.74, 6) is 0.547. The van der Waals surface area contributed by atoms with E-state index in [1.807, 2.05) is 24.3 Å². The third-order valence-electron chi connectivity index (χ3n) is 5.19. The Hall–Kier alpha value is -2.97. The number of hydrogen-bond donors (Lipinski definition) is 3. The Balaban J connectivity index is 1.72. The second kappa shape index (κ2) is 10.9. The van der Waals surface area contributed by atoms with Crippen LogP contribution in [0.2, 0.25) is 5.02 Å². The summed E-state index contributed by atoms with van der Waals surface area (Å²) in [6.45, 7) is 3.53. The minimum atomic E-state index is -0.120. The molecule has 0 bridgehead atoms. The van der Waals surface area contributed by atoms with E-state index in [9.17, 15) is 9.59 Å². The van der Waals surface area contributed by atoms with Crippen LogP contribution in [0.3, 0.4) is 0 Å². The molecule has 1 fully saturated rings. The van der Waals surface area contributed by atoms with Gasteiger partial charge in [-0.2, -0.15) is 4.98 Å². The van der Waals surface area contributed by atoms with E-state index in [-0.39, 0.29) is 30.1 Å². The van der Waals surface area contributed by atoms with Gasteiger partial charge in [0.25, 0.3) is 0 Å². The van der Waals surface area contributed by atoms with Crippen molar-refractivity contribution >= 4 is 40.7 Å². The highest BCUT2D eigenvalue weighted by Crippen LogP contribution is 2.29. The first-order valence-electron chi connectivity index (χ1n) is 10.1. The molecule has 8 nitrogen and oxygen atoms in total. The van der Waals surface area contributed by atoms with Gasteiger partial charge in [0.2, 0.25) is 11.9 Å². The number of nitrogens with zero attached hydrogens (tertiary/aromatic N) is 2. The Kier molecular flexibility index (Phi) is 7.97. The summed E-state index contributed by atoms with van der Waals surface area (Å²) in [6, 6.07) is 7.52. The van der Waals surface area contributed by atoms with Crippen LogP contribution in [-0.2, 0) is 20.8 Å². The molecule has 0 spiro atoms. The average Bonchev–Trinajstić information content (AvgIpc) is 2.77. The van der Waals surface area contributed by atoms with Gasteiger partial charge >= 0.3 is 0 Å². The molecule has 3 N–H and O–H groups in total. The fourth-order valence-corrected chi connectivity index (χ4v) is 3.77. The summed E-state index contributed by atoms with van der Waals surface area (Å²) in [6.07, 6.45) is 6.38. The maximum Gasteiger partial charge on any atom is 0.246 e. The number of hydrogen-bond acceptors (Lipinski definition) is 7. The second-order valence-corrected chi connectivity index (χ2v) is 7.80. The fraction of sp³-hybridized carbons (Fsp3) is 0.364. The predicted octanol–water partition coefficient (Wildman–Crippen LogP) is 3.82. The van der Waals surface area contributed by atoms with E-state index in [0.717, 1.165) is 30.5 Å². The van der Waals surface area contributed by atoms with Crippen molar-refractivity contribution in [3.8, 4) is 0 Å². The van der Waals surface area contributed by atoms with E-state index >= 15 is 0 Å². The number of nitrogens with one attached hydrogen (secondary N) is 3. The first-order valence-corrected chi connectivity index (χ1v) is 10.5. The SMILES string of the molecule is C=CC(=O)Cc1ccccc1Nc1nc(NC2CCCC(C(=O)NOC)C2)ncc1Cl. The van der Waals surface area contributed by atoms with Crippen LogP contribution in [0.25, 0.3) is 0 Å². The number of amides is 1. The van der Waals surface area contributed by atoms with Crippen molar-refractivity contribution in [1.82, 2.24) is 15.4 Å². The quantitative estimate of drug-likeness (QED) is 0.399. The molecule has 0 radical (unpaired) electrons. The monoisotopic (exact) mass is 443 g/mol. The van der Waals surface area contributed by atoms with Crippen molar-refractivity contribution in [3.05, 3.63) is 53.7 Å². The number of carbonyl (C=O) groups is 2. The highest BCUT2D eigenvalue weighted by atomic mass is 35.5. The van der Waals surface area contributed by atoms with Gasteiger partial charge < -0.3 is 10.6 Å². The second-order valence-electron chi connectivity index (χ2n) is 7.39. The standard InChI is InChI=1S/C22H26ClN5O3/c1-3-17(29)12-14-7-4-5-10-19(14)26-20-18(23)13-24-22(27-20)25-16-9-6-8-15(11-16)21(30)28-31-2/h3-5,7,10,13,15-16H,1,6,8-9,11-12H2,2H3,(H,28,30)(H2,24,25,26,27). The van der Waals surface area contributed by atoms with Gasteiger partial charge in [-0.1, -0.05) is 42.8 Å². The number of allylic oxidation sites excluding steroid dienone is 1. The maximum absolute atomic E-state index is 12.1. The Labute approximate surface area is 186 Å². The first-order chi connectivity index (χ1) is 15.0. The zero-order valence-corrected chi connectivity index (χ0v) is 18.1. The van der Waals surface area contributed by atoms with Gasteiger partial charge in [-0.3, -0.25) is 14.4 Å². The average molecular weight is 444 g/mol. The number of anilines is 3. The van der Waals surface area contributed by atoms with Crippen molar-refractivity contribution in [2.75, 3.05) is 17.7 Å². The highest BCUT2D eigenvalue weighted by Gasteiger charge is 2.28. The molecule has 1 aliphatic carbocycles. The smallest absolute Gasteiger partial charge is 0.246 e. The lowest BCUT2D eigenvalue weighted by Gasteiger charge is -2.28. The zero-order chi connectivity index (χ0) is 22.2. The largest absolute Gasteiger partial charge is 0.351 e. The molecule has 1 aromatic carbocycles. The minimum Gasteiger partial charge on any atom is -0.351 e. The lowest BCUT2D eigenvalue weighted by atomic mass is 9.85. The van der Waals surface area contributed by atoms with Crippen LogP contribution >= 0.6 is 11.6 Å². The molecule has 0 aliphatic heterocycles. The van der Waals surface area contributed by atoms with Gasteiger partial charge in [-0.15, -0.1) is 0 Å². The van der Waals surface area contributed by atoms with Crippen molar-refractivity contribution in [1.29, 1.82) is 0 Å². The Morgan fingerprint density at radius 1 is 1.32 bits per heavy atom. The number of para-hydroxylation sites is 1. The molecule has 2 unspecified atom stereocenters. The molecular formula is C22H26ClN5O3. The summed E-state index contributed by atoms with van der Waals surface area (Å²) in [7, 11) is 1.43. The number of carbonyl (C=O) groups excluding carboxylic acids is 2. The van der Waals surface area contributed by atoms with E-state index < -0.39 is 0 Å². The van der Waals surface area contributed by atoms with Crippen molar-refractivity contribution in [3.63, 3.8) is 0 Å². The summed E-state index contributed by atoms with van der Waals surface area (Å²) < 4.78 is 0. The molecule has 3 rings (SSSR count). The Bertz CT molecular complexity index is 952. The van der Waals surface area contributed by atoms with Gasteiger partial charge in [-0.25, -0.2) is 10.5 Å². The molecule has 1 aromatic heterocycles. The minimum absolute atomic E-state index is 0.0629. The fourth-order valence-electron chi connectivity index (χ4n) is 3.63. The van der Waals surface area contributed by atoms with E-state index in [4.69, 9.17) is 16.4 Å². The molecule has 31 heavy (non-hydrogen) atoms. The summed E-state index contributed by atoms with van der Waals surface area (Å²) in [4.78, 5) is 37.4. The van der Waals surface area contributed by atoms with Gasteiger partial charge in [0.15, 0.2) is 11.6 Å². The number of halogens is 1. The number of aromatic nitrogens is 2. The molecule has 164 valence electrons. The molecule has 1 amide bonds. The Morgan fingerprint density at radius 3 is 2.90 bits per heavy atom. The molecule has 0 saturated heterocycles. The topological polar surface area (TPSA) is 105 Å². The van der Waals surface area contributed by atoms with Crippen LogP contribution in [0, 0.1) is 5.92 Å². The normalized spacial score (nSPS) is 18.1. The molecule has 1 heterocycles. The maximum atomic E-state index is 12.1. The van der Waals surface area contributed by atoms with Gasteiger partial charge in [0, 0.05) is 24.1 Å². The van der Waals surface area contributed by atoms with Crippen LogP contribution in [0.5, 0.6) is 0 Å². The van der Waals surface area contributed by atoms with Crippen LogP contribution in [0.15, 0.2) is 43.1 Å². The van der Waals surface area contributed by atoms with E-state index in [1.165, 1.54) is 19.4 Å². The summed E-state index contributed by atoms with van der Waals surface area (Å²) >= 11 is 6.31. The van der Waals surface area contributed by atoms with E-state index in [0.29, 0.717) is 23.2 Å². The number of rotatable bonds is 9. The van der Waals surface area contributed by atoms with E-state index in [2.05, 4.69) is 32.7 Å². The van der Waals surface area contributed by atoms with Gasteiger partial charge in [-0.05, 0) is 37.0 Å². The van der Waals surface area contributed by atoms with Gasteiger partial charge in [0.1, 0.15) is 5.02 Å². The first kappa shape index (κ1) is 22.7. The molecule has 9 heteroatoms. The van der Waals surface area contributed by atoms with Crippen molar-refractivity contribution in [2.24, 2.45) is 5.92 Å². The van der Waals surface area contributed by atoms with Gasteiger partial charge in [0.05, 0.1) is 13.3 Å². The van der Waals surface area contributed by atoms with Crippen LogP contribution in [0.4, 0.5) is 17.5 Å². The van der Waals surface area contributed by atoms with Crippen LogP contribution in [0.1, 0.15) is 31.2 Å². The lowest BCUT2D eigenvalue weighted by Crippen LogP contribution is -2.37. The molecule has 2 atom stereocenters. The molecule has 1 saturated carbocycles. The molecule has 1 aliphatic rings. The summed E-state index contributed by atoms with van der Waals surface area (Å²) in [5.41, 5.74) is 3.96. The molecule has 2 aromatic rings. The number of ketones is 1. The highest BCUT2D eigenvalue weighted by molar-refractivity contribution is 6.32. The third kappa shape index (κ3) is 6.26. The van der Waals surface area contributed by atoms with E-state index in [1.54, 1.807) is 0 Å². The lowest BCUT2D eigenvalue weighted by molar-refractivity contribution is -0.136. The summed E-state index contributed by atoms with van der Waals surface area (Å²) in [5, 5.41) is 6.87.